The number of aromatic hydroxyl groups is 1. The van der Waals surface area contributed by atoms with Crippen LogP contribution >= 0.6 is 0 Å². The van der Waals surface area contributed by atoms with Crippen molar-refractivity contribution in [2.24, 2.45) is 22.6 Å². The topological polar surface area (TPSA) is 185 Å². The van der Waals surface area contributed by atoms with Gasteiger partial charge < -0.3 is 50.4 Å². The van der Waals surface area contributed by atoms with Gasteiger partial charge in [-0.2, -0.15) is 0 Å². The first-order valence-electron chi connectivity index (χ1n) is 28.8. The summed E-state index contributed by atoms with van der Waals surface area (Å²) in [4.78, 5) is 18.5. The molecule has 0 fully saturated rings. The fourth-order valence-corrected chi connectivity index (χ4v) is 12.3. The Kier molecular flexibility index (Phi) is 19.2. The molecule has 0 amide bonds. The number of phenolic OH excluding ortho intramolecular Hbond substituents is 1. The summed E-state index contributed by atoms with van der Waals surface area (Å²) in [6.45, 7) is 7.37. The summed E-state index contributed by atoms with van der Waals surface area (Å²) in [6, 6.07) is 23.9. The number of anilines is 1. The van der Waals surface area contributed by atoms with Crippen molar-refractivity contribution in [3.05, 3.63) is 170 Å². The minimum atomic E-state index is -1.91. The average molecular weight is 1080 g/mol. The van der Waals surface area contributed by atoms with Crippen LogP contribution in [0.5, 0.6) is 17.2 Å². The number of carbonyl (C=O) groups is 1. The molecule has 12 heteroatoms. The van der Waals surface area contributed by atoms with Crippen LogP contribution in [0.3, 0.4) is 0 Å². The van der Waals surface area contributed by atoms with Crippen molar-refractivity contribution in [1.29, 1.82) is 0 Å². The number of nitrogens with two attached hydrogens (primary N) is 1. The van der Waals surface area contributed by atoms with Crippen LogP contribution in [0.4, 0.5) is 5.69 Å². The summed E-state index contributed by atoms with van der Waals surface area (Å²) < 4.78 is 24.9. The Morgan fingerprint density at radius 1 is 0.938 bits per heavy atom. The van der Waals surface area contributed by atoms with E-state index in [2.05, 4.69) is 84.7 Å². The standard InChI is InChI=1S/C68H79N3O9/c1-6-8-9-19-53-45(17-13-20-60(53)71-68(69)70-4)15-10-11-16-46-35-48-24-27-52(47-18-12-14-43(33-47)29-31-78-7-2)55-30-32-79-51(36-49(46)37-61(48)73)38-50(72)25-22-44-23-28-63(77-5)64(34-44)80-41-59-54-26-21-42(3)56-40-62(74)66(55)58(65(54)56)39-57(59)67(75)76/h12-14,17-18,20-21,23-24,26-28,33-35,37,39-40,42,46,49,51-52,55,67,73-76H,6-11,15-16,19,22,25,29,31,36,38,41H2,1-5H3,(H3,69,70,71)/b27-24+/t42-,46-,49+,51+,52-,55+/m1/s1. The Labute approximate surface area is 472 Å². The normalized spacial score (nSPS) is 21.3. The van der Waals surface area contributed by atoms with E-state index in [4.69, 9.17) is 24.7 Å². The molecular weight excluding hydrogens is 1000 g/mol. The van der Waals surface area contributed by atoms with Crippen LogP contribution in [-0.2, 0) is 46.6 Å². The number of nitrogens with zero attached hydrogens (tertiary/aromatic N) is 1. The number of ether oxygens (including phenoxy) is 4. The molecule has 0 unspecified atom stereocenters. The van der Waals surface area contributed by atoms with E-state index < -0.39 is 24.2 Å². The predicted octanol–water partition coefficient (Wildman–Crippen LogP) is 13.0. The summed E-state index contributed by atoms with van der Waals surface area (Å²) in [6.07, 6.45) is 22.6. The highest BCUT2D eigenvalue weighted by Gasteiger charge is 2.34. The molecule has 80 heavy (non-hydrogen) atoms. The molecule has 6 atom stereocenters. The smallest absolute Gasteiger partial charge is 0.192 e. The zero-order chi connectivity index (χ0) is 56.3. The number of fused-ring (bicyclic) bond motifs is 7. The van der Waals surface area contributed by atoms with Crippen LogP contribution in [0.1, 0.15) is 158 Å². The molecule has 4 aliphatic heterocycles. The Morgan fingerprint density at radius 3 is 2.58 bits per heavy atom. The van der Waals surface area contributed by atoms with Crippen LogP contribution in [0.2, 0.25) is 0 Å². The second-order valence-electron chi connectivity index (χ2n) is 21.9. The van der Waals surface area contributed by atoms with E-state index in [0.717, 1.165) is 90.3 Å². The quantitative estimate of drug-likeness (QED) is 0.0171. The number of hydrogen-bond acceptors (Lipinski definition) is 10. The van der Waals surface area contributed by atoms with Gasteiger partial charge in [-0.3, -0.25) is 9.79 Å². The number of phenols is 1. The zero-order valence-corrected chi connectivity index (χ0v) is 47.1. The molecule has 0 saturated heterocycles. The van der Waals surface area contributed by atoms with Crippen LogP contribution in [0.15, 0.2) is 120 Å². The summed E-state index contributed by atoms with van der Waals surface area (Å²) in [7, 11) is 3.26. The van der Waals surface area contributed by atoms with E-state index in [9.17, 15) is 25.2 Å². The van der Waals surface area contributed by atoms with Crippen molar-refractivity contribution in [1.82, 2.24) is 0 Å². The van der Waals surface area contributed by atoms with Gasteiger partial charge >= 0.3 is 0 Å². The first kappa shape index (κ1) is 57.4. The maximum atomic E-state index is 14.3. The van der Waals surface area contributed by atoms with Gasteiger partial charge in [0.1, 0.15) is 36.1 Å². The first-order chi connectivity index (χ1) is 38.9. The van der Waals surface area contributed by atoms with Crippen molar-refractivity contribution >= 4 is 34.3 Å². The van der Waals surface area contributed by atoms with Crippen molar-refractivity contribution in [3.63, 3.8) is 0 Å². The molecule has 420 valence electrons. The van der Waals surface area contributed by atoms with Gasteiger partial charge in [0.15, 0.2) is 23.7 Å². The summed E-state index contributed by atoms with van der Waals surface area (Å²) >= 11 is 0. The summed E-state index contributed by atoms with van der Waals surface area (Å²) in [5, 5.41) is 52.2. The molecule has 0 aromatic heterocycles. The Morgan fingerprint density at radius 2 is 1.77 bits per heavy atom. The number of aliphatic hydroxyl groups excluding tert-OH is 2. The number of rotatable bonds is 17. The highest BCUT2D eigenvalue weighted by Crippen LogP contribution is 2.49. The fourth-order valence-electron chi connectivity index (χ4n) is 12.3. The Hall–Kier alpha value is -7.30. The number of unbranched alkanes of at least 4 members (excludes halogenated alkanes) is 3. The molecule has 5 aromatic rings. The molecule has 10 bridgehead atoms. The number of hydrogen-bond donors (Lipinski definition) is 6. The van der Waals surface area contributed by atoms with Crippen molar-refractivity contribution in [3.8, 4) is 29.3 Å². The van der Waals surface area contributed by atoms with Gasteiger partial charge in [-0.1, -0.05) is 112 Å². The SMILES string of the molecule is CCCCCc1c(CCCC[C@@H]2C=C3/C=C/[C@H](c4cccc(CCOCC)c4)[C@@H]4C#CO[C@H](CC(=O)CCc5ccc(OC)c(c5)OCc5c(C(O)O)cc6c4c(O)cc4c6c5C=C[C@H]4C)C[C@H]2C=C3O)cccc1NC(N)=NC. The number of Topliss-reactive ketones (excluding diaryl/α,β-unsaturated/α-hetero) is 1. The van der Waals surface area contributed by atoms with Gasteiger partial charge in [-0.05, 0) is 156 Å². The lowest BCUT2D eigenvalue weighted by Gasteiger charge is -2.30. The zero-order valence-electron chi connectivity index (χ0n) is 47.1. The molecule has 0 radical (unpaired) electrons. The van der Waals surface area contributed by atoms with E-state index >= 15 is 0 Å². The maximum absolute atomic E-state index is 14.3. The minimum absolute atomic E-state index is 0.00498. The molecule has 0 saturated carbocycles. The van der Waals surface area contributed by atoms with E-state index in [1.54, 1.807) is 20.2 Å². The number of aliphatic imine (C=N–C) groups is 1. The molecule has 5 aromatic carbocycles. The number of methoxy groups -OCH3 is 1. The van der Waals surface area contributed by atoms with Crippen molar-refractivity contribution < 1.29 is 44.2 Å². The number of allylic oxidation sites excluding steroid dienone is 5. The van der Waals surface area contributed by atoms with Gasteiger partial charge in [0.25, 0.3) is 0 Å². The molecule has 12 nitrogen and oxygen atoms in total. The number of guanidine groups is 1. The second-order valence-corrected chi connectivity index (χ2v) is 21.9. The highest BCUT2D eigenvalue weighted by atomic mass is 16.5. The highest BCUT2D eigenvalue weighted by molar-refractivity contribution is 6.01. The predicted molar refractivity (Wildman–Crippen MR) is 318 cm³/mol. The molecular formula is C68H79N3O9. The number of carbonyl (C=O) groups excluding carboxylic acids is 1. The molecule has 6 aliphatic rings. The van der Waals surface area contributed by atoms with Gasteiger partial charge in [0, 0.05) is 66.3 Å². The van der Waals surface area contributed by atoms with E-state index in [-0.39, 0.29) is 60.1 Å². The molecule has 0 spiro atoms. The maximum Gasteiger partial charge on any atom is 0.192 e. The molecule has 11 rings (SSSR count). The number of nitrogens with one attached hydrogen (secondary N) is 1. The van der Waals surface area contributed by atoms with Crippen molar-refractivity contribution in [2.45, 2.75) is 141 Å². The van der Waals surface area contributed by atoms with Crippen molar-refractivity contribution in [2.75, 3.05) is 32.7 Å². The molecule has 2 aliphatic carbocycles. The third-order valence-corrected chi connectivity index (χ3v) is 16.6. The van der Waals surface area contributed by atoms with Gasteiger partial charge in [0.2, 0.25) is 0 Å². The summed E-state index contributed by atoms with van der Waals surface area (Å²) in [5.74, 6) is 3.37. The van der Waals surface area contributed by atoms with E-state index in [0.29, 0.717) is 72.0 Å². The number of aryl methyl sites for hydroxylation is 2. The van der Waals surface area contributed by atoms with Crippen LogP contribution in [0, 0.1) is 23.9 Å². The lowest BCUT2D eigenvalue weighted by molar-refractivity contribution is -0.121. The van der Waals surface area contributed by atoms with Crippen LogP contribution < -0.4 is 20.5 Å². The lowest BCUT2D eigenvalue weighted by Crippen LogP contribution is -2.25. The molecule has 4 heterocycles. The number of ketones is 1. The van der Waals surface area contributed by atoms with E-state index in [1.165, 1.54) is 11.1 Å². The summed E-state index contributed by atoms with van der Waals surface area (Å²) in [5.41, 5.74) is 16.1. The van der Waals surface area contributed by atoms with Crippen LogP contribution in [0.25, 0.3) is 16.8 Å². The monoisotopic (exact) mass is 1080 g/mol. The second kappa shape index (κ2) is 26.8. The van der Waals surface area contributed by atoms with E-state index in [1.807, 2.05) is 61.6 Å². The third-order valence-electron chi connectivity index (χ3n) is 16.6. The Bertz CT molecular complexity index is 3270. The van der Waals surface area contributed by atoms with Gasteiger partial charge in [-0.15, -0.1) is 0 Å². The molecule has 7 N–H and O–H groups in total. The number of aliphatic hydroxyl groups is 3. The average Bonchev–Trinajstić information content (AvgIpc) is 3.48. The Balaban J connectivity index is 1.18. The lowest BCUT2D eigenvalue weighted by atomic mass is 9.74. The largest absolute Gasteiger partial charge is 0.508 e. The van der Waals surface area contributed by atoms with Gasteiger partial charge in [0.05, 0.1) is 19.6 Å². The van der Waals surface area contributed by atoms with Crippen LogP contribution in [-0.4, -0.2) is 65.6 Å². The first-order valence-corrected chi connectivity index (χ1v) is 28.8. The fraction of sp³-hybridized carbons (Fsp3) is 0.412. The number of benzene rings is 5. The minimum Gasteiger partial charge on any atom is -0.508 e. The van der Waals surface area contributed by atoms with Gasteiger partial charge in [-0.25, -0.2) is 0 Å². The third kappa shape index (κ3) is 13.3.